The molecule has 0 aliphatic heterocycles. The largest absolute Gasteiger partial charge is 0.363 e. The SMILES string of the molecule is CN(C)c1ccc(C(=O)NCCCc2ccccn2)cn1. The van der Waals surface area contributed by atoms with Crippen molar-refractivity contribution in [3.8, 4) is 0 Å². The van der Waals surface area contributed by atoms with Gasteiger partial charge in [0.25, 0.3) is 5.91 Å². The van der Waals surface area contributed by atoms with Crippen LogP contribution in [0.5, 0.6) is 0 Å². The van der Waals surface area contributed by atoms with E-state index in [9.17, 15) is 4.79 Å². The molecule has 0 saturated heterocycles. The van der Waals surface area contributed by atoms with Crippen molar-refractivity contribution in [3.05, 3.63) is 54.0 Å². The number of aryl methyl sites for hydroxylation is 1. The van der Waals surface area contributed by atoms with E-state index in [1.807, 2.05) is 43.3 Å². The molecule has 0 saturated carbocycles. The van der Waals surface area contributed by atoms with Gasteiger partial charge in [-0.3, -0.25) is 9.78 Å². The quantitative estimate of drug-likeness (QED) is 0.823. The third-order valence-electron chi connectivity index (χ3n) is 3.09. The molecule has 2 aromatic rings. The molecule has 2 aromatic heterocycles. The molecule has 5 heteroatoms. The summed E-state index contributed by atoms with van der Waals surface area (Å²) in [6.07, 6.45) is 5.11. The Labute approximate surface area is 125 Å². The molecule has 0 fully saturated rings. The fraction of sp³-hybridized carbons (Fsp3) is 0.312. The van der Waals surface area contributed by atoms with Gasteiger partial charge in [0.15, 0.2) is 0 Å². The Morgan fingerprint density at radius 1 is 1.19 bits per heavy atom. The van der Waals surface area contributed by atoms with Crippen molar-refractivity contribution in [1.29, 1.82) is 0 Å². The van der Waals surface area contributed by atoms with Crippen molar-refractivity contribution in [2.75, 3.05) is 25.5 Å². The molecule has 0 bridgehead atoms. The van der Waals surface area contributed by atoms with Gasteiger partial charge >= 0.3 is 0 Å². The Balaban J connectivity index is 1.76. The average Bonchev–Trinajstić information content (AvgIpc) is 2.52. The third-order valence-corrected chi connectivity index (χ3v) is 3.09. The first-order valence-corrected chi connectivity index (χ1v) is 6.98. The van der Waals surface area contributed by atoms with Crippen LogP contribution in [0.1, 0.15) is 22.5 Å². The van der Waals surface area contributed by atoms with Crippen molar-refractivity contribution < 1.29 is 4.79 Å². The number of anilines is 1. The van der Waals surface area contributed by atoms with Gasteiger partial charge in [-0.25, -0.2) is 4.98 Å². The molecule has 0 spiro atoms. The second kappa shape index (κ2) is 7.38. The molecule has 0 atom stereocenters. The summed E-state index contributed by atoms with van der Waals surface area (Å²) < 4.78 is 0. The lowest BCUT2D eigenvalue weighted by molar-refractivity contribution is 0.0953. The van der Waals surface area contributed by atoms with E-state index < -0.39 is 0 Å². The van der Waals surface area contributed by atoms with E-state index in [2.05, 4.69) is 15.3 Å². The van der Waals surface area contributed by atoms with Gasteiger partial charge in [-0.1, -0.05) is 6.07 Å². The van der Waals surface area contributed by atoms with Crippen LogP contribution in [0.15, 0.2) is 42.7 Å². The smallest absolute Gasteiger partial charge is 0.252 e. The van der Waals surface area contributed by atoms with E-state index in [4.69, 9.17) is 0 Å². The summed E-state index contributed by atoms with van der Waals surface area (Å²) >= 11 is 0. The normalized spacial score (nSPS) is 10.2. The van der Waals surface area contributed by atoms with Crippen molar-refractivity contribution in [3.63, 3.8) is 0 Å². The molecule has 2 rings (SSSR count). The third kappa shape index (κ3) is 4.56. The van der Waals surface area contributed by atoms with Crippen LogP contribution < -0.4 is 10.2 Å². The minimum Gasteiger partial charge on any atom is -0.363 e. The summed E-state index contributed by atoms with van der Waals surface area (Å²) in [5.74, 6) is 0.746. The van der Waals surface area contributed by atoms with Gasteiger partial charge in [0, 0.05) is 38.7 Å². The van der Waals surface area contributed by atoms with Gasteiger partial charge in [-0.15, -0.1) is 0 Å². The maximum absolute atomic E-state index is 12.0. The van der Waals surface area contributed by atoms with E-state index in [0.717, 1.165) is 24.4 Å². The number of carbonyl (C=O) groups excluding carboxylic acids is 1. The lowest BCUT2D eigenvalue weighted by Gasteiger charge is -2.11. The Bertz CT molecular complexity index is 567. The molecule has 0 aromatic carbocycles. The second-order valence-electron chi connectivity index (χ2n) is 4.98. The number of aromatic nitrogens is 2. The summed E-state index contributed by atoms with van der Waals surface area (Å²) in [4.78, 5) is 22.3. The number of rotatable bonds is 6. The standard InChI is InChI=1S/C16H20N4O/c1-20(2)15-9-8-13(12-19-15)16(21)18-11-5-7-14-6-3-4-10-17-14/h3-4,6,8-10,12H,5,7,11H2,1-2H3,(H,18,21). The van der Waals surface area contributed by atoms with E-state index in [0.29, 0.717) is 12.1 Å². The van der Waals surface area contributed by atoms with Crippen LogP contribution in [-0.4, -0.2) is 36.5 Å². The molecule has 2 heterocycles. The lowest BCUT2D eigenvalue weighted by atomic mass is 10.2. The van der Waals surface area contributed by atoms with Crippen LogP contribution in [0.4, 0.5) is 5.82 Å². The number of nitrogens with zero attached hydrogens (tertiary/aromatic N) is 3. The minimum absolute atomic E-state index is 0.0890. The maximum Gasteiger partial charge on any atom is 0.252 e. The van der Waals surface area contributed by atoms with E-state index in [1.165, 1.54) is 0 Å². The van der Waals surface area contributed by atoms with Crippen molar-refractivity contribution >= 4 is 11.7 Å². The number of hydrogen-bond acceptors (Lipinski definition) is 4. The average molecular weight is 284 g/mol. The first-order valence-electron chi connectivity index (χ1n) is 6.98. The van der Waals surface area contributed by atoms with Gasteiger partial charge in [0.1, 0.15) is 5.82 Å². The monoisotopic (exact) mass is 284 g/mol. The molecule has 1 N–H and O–H groups in total. The molecule has 0 aliphatic rings. The first-order chi connectivity index (χ1) is 10.2. The molecule has 110 valence electrons. The van der Waals surface area contributed by atoms with Crippen LogP contribution in [0.3, 0.4) is 0 Å². The number of hydrogen-bond donors (Lipinski definition) is 1. The Kier molecular flexibility index (Phi) is 5.26. The molecule has 0 radical (unpaired) electrons. The van der Waals surface area contributed by atoms with Gasteiger partial charge in [0.05, 0.1) is 5.56 Å². The highest BCUT2D eigenvalue weighted by atomic mass is 16.1. The Morgan fingerprint density at radius 3 is 2.67 bits per heavy atom. The van der Waals surface area contributed by atoms with E-state index >= 15 is 0 Å². The lowest BCUT2D eigenvalue weighted by Crippen LogP contribution is -2.25. The number of carbonyl (C=O) groups is 1. The molecule has 5 nitrogen and oxygen atoms in total. The summed E-state index contributed by atoms with van der Waals surface area (Å²) in [5.41, 5.74) is 1.63. The van der Waals surface area contributed by atoms with Crippen molar-refractivity contribution in [2.24, 2.45) is 0 Å². The van der Waals surface area contributed by atoms with Gasteiger partial charge in [0.2, 0.25) is 0 Å². The Hall–Kier alpha value is -2.43. The fourth-order valence-electron chi connectivity index (χ4n) is 1.90. The molecule has 0 aliphatic carbocycles. The minimum atomic E-state index is -0.0890. The summed E-state index contributed by atoms with van der Waals surface area (Å²) in [5, 5.41) is 2.90. The predicted octanol–water partition coefficient (Wildman–Crippen LogP) is 1.91. The second-order valence-corrected chi connectivity index (χ2v) is 4.98. The fourth-order valence-corrected chi connectivity index (χ4v) is 1.90. The van der Waals surface area contributed by atoms with Crippen LogP contribution in [-0.2, 0) is 6.42 Å². The molecular formula is C16H20N4O. The van der Waals surface area contributed by atoms with Gasteiger partial charge in [-0.2, -0.15) is 0 Å². The first kappa shape index (κ1) is 15.0. The molecular weight excluding hydrogens is 264 g/mol. The molecule has 21 heavy (non-hydrogen) atoms. The number of amides is 1. The van der Waals surface area contributed by atoms with E-state index in [-0.39, 0.29) is 5.91 Å². The van der Waals surface area contributed by atoms with E-state index in [1.54, 1.807) is 18.5 Å². The zero-order valence-corrected chi connectivity index (χ0v) is 12.4. The van der Waals surface area contributed by atoms with Gasteiger partial charge in [-0.05, 0) is 37.1 Å². The topological polar surface area (TPSA) is 58.1 Å². The zero-order valence-electron chi connectivity index (χ0n) is 12.4. The van der Waals surface area contributed by atoms with Crippen LogP contribution >= 0.6 is 0 Å². The maximum atomic E-state index is 12.0. The highest BCUT2D eigenvalue weighted by Gasteiger charge is 2.06. The highest BCUT2D eigenvalue weighted by molar-refractivity contribution is 5.94. The Morgan fingerprint density at radius 2 is 2.05 bits per heavy atom. The number of nitrogens with one attached hydrogen (secondary N) is 1. The predicted molar refractivity (Wildman–Crippen MR) is 83.5 cm³/mol. The summed E-state index contributed by atoms with van der Waals surface area (Å²) in [6.45, 7) is 0.630. The van der Waals surface area contributed by atoms with Crippen LogP contribution in [0.25, 0.3) is 0 Å². The number of pyridine rings is 2. The van der Waals surface area contributed by atoms with Crippen LogP contribution in [0.2, 0.25) is 0 Å². The zero-order chi connectivity index (χ0) is 15.1. The van der Waals surface area contributed by atoms with Crippen molar-refractivity contribution in [1.82, 2.24) is 15.3 Å². The molecule has 0 unspecified atom stereocenters. The van der Waals surface area contributed by atoms with Gasteiger partial charge < -0.3 is 10.2 Å². The highest BCUT2D eigenvalue weighted by Crippen LogP contribution is 2.07. The van der Waals surface area contributed by atoms with Crippen LogP contribution in [0, 0.1) is 0 Å². The summed E-state index contributed by atoms with van der Waals surface area (Å²) in [6, 6.07) is 9.49. The molecule has 1 amide bonds. The summed E-state index contributed by atoms with van der Waals surface area (Å²) in [7, 11) is 3.83. The van der Waals surface area contributed by atoms with Crippen molar-refractivity contribution in [2.45, 2.75) is 12.8 Å².